The fourth-order valence-electron chi connectivity index (χ4n) is 5.64. The van der Waals surface area contributed by atoms with E-state index >= 15 is 0 Å². The molecule has 5 rings (SSSR count). The van der Waals surface area contributed by atoms with E-state index in [1.54, 1.807) is 0 Å². The van der Waals surface area contributed by atoms with Crippen LogP contribution >= 0.6 is 0 Å². The number of rotatable bonds is 2. The molecular weight excluding hydrogens is 398 g/mol. The first kappa shape index (κ1) is 21.5. The Hall–Kier alpha value is -2.33. The minimum atomic E-state index is -0.274. The molecule has 1 unspecified atom stereocenters. The third-order valence-corrected chi connectivity index (χ3v) is 8.13. The molecule has 2 aromatic carbocycles. The molecule has 0 bridgehead atoms. The molecule has 32 heavy (non-hydrogen) atoms. The van der Waals surface area contributed by atoms with Gasteiger partial charge in [-0.3, -0.25) is 4.79 Å². The summed E-state index contributed by atoms with van der Waals surface area (Å²) in [7, 11) is 0. The number of ether oxygens (including phenoxy) is 2. The summed E-state index contributed by atoms with van der Waals surface area (Å²) in [6, 6.07) is 13.0. The highest BCUT2D eigenvalue weighted by atomic mass is 16.5. The Labute approximate surface area is 191 Å². The summed E-state index contributed by atoms with van der Waals surface area (Å²) >= 11 is 0. The minimum Gasteiger partial charge on any atom is -0.492 e. The van der Waals surface area contributed by atoms with Gasteiger partial charge in [0.25, 0.3) is 5.91 Å². The smallest absolute Gasteiger partial charge is 0.254 e. The van der Waals surface area contributed by atoms with Crippen molar-refractivity contribution in [3.05, 3.63) is 64.2 Å². The van der Waals surface area contributed by atoms with Crippen LogP contribution < -0.4 is 4.74 Å². The fourth-order valence-corrected chi connectivity index (χ4v) is 5.64. The maximum Gasteiger partial charge on any atom is 0.254 e. The lowest BCUT2D eigenvalue weighted by atomic mass is 9.62. The zero-order valence-corrected chi connectivity index (χ0v) is 20.1. The molecule has 170 valence electrons. The van der Waals surface area contributed by atoms with Crippen molar-refractivity contribution in [2.24, 2.45) is 0 Å². The molecule has 2 heterocycles. The number of fused-ring (bicyclic) bond motifs is 2. The molecule has 2 aromatic rings. The van der Waals surface area contributed by atoms with E-state index in [1.807, 2.05) is 17.0 Å². The van der Waals surface area contributed by atoms with Gasteiger partial charge in [0.1, 0.15) is 12.4 Å². The van der Waals surface area contributed by atoms with E-state index in [0.717, 1.165) is 16.9 Å². The number of hydrogen-bond donors (Lipinski definition) is 0. The average Bonchev–Trinajstić information content (AvgIpc) is 3.14. The molecule has 0 aromatic heterocycles. The van der Waals surface area contributed by atoms with Gasteiger partial charge in [0, 0.05) is 24.2 Å². The van der Waals surface area contributed by atoms with Crippen LogP contribution in [-0.2, 0) is 21.0 Å². The van der Waals surface area contributed by atoms with Gasteiger partial charge in [-0.05, 0) is 65.5 Å². The Balaban J connectivity index is 1.55. The third-order valence-electron chi connectivity index (χ3n) is 8.13. The fraction of sp³-hybridized carbons (Fsp3) is 0.536. The highest BCUT2D eigenvalue weighted by Gasteiger charge is 2.42. The maximum atomic E-state index is 13.1. The maximum absolute atomic E-state index is 13.1. The topological polar surface area (TPSA) is 38.8 Å². The zero-order chi connectivity index (χ0) is 22.7. The number of morpholine rings is 1. The van der Waals surface area contributed by atoms with Crippen molar-refractivity contribution in [1.82, 2.24) is 4.90 Å². The van der Waals surface area contributed by atoms with Crippen molar-refractivity contribution < 1.29 is 14.3 Å². The standard InChI is InChI=1S/C28H35NO3/c1-26(2)10-11-27(3,4)22-17-20(7-8-21(22)26)28(5)18-32-24-9-6-19(16-23(24)28)25(30)29-12-14-31-15-13-29/h6-9,16-17H,10-15,18H2,1-5H3. The van der Waals surface area contributed by atoms with Gasteiger partial charge >= 0.3 is 0 Å². The Morgan fingerprint density at radius 3 is 2.25 bits per heavy atom. The summed E-state index contributed by atoms with van der Waals surface area (Å²) in [6.07, 6.45) is 2.40. The lowest BCUT2D eigenvalue weighted by molar-refractivity contribution is 0.0303. The normalized spacial score (nSPS) is 25.6. The highest BCUT2D eigenvalue weighted by molar-refractivity contribution is 5.95. The van der Waals surface area contributed by atoms with Crippen LogP contribution in [0.3, 0.4) is 0 Å². The second kappa shape index (κ2) is 7.34. The molecule has 3 aliphatic rings. The van der Waals surface area contributed by atoms with E-state index in [0.29, 0.717) is 32.9 Å². The quantitative estimate of drug-likeness (QED) is 0.653. The predicted octanol–water partition coefficient (Wildman–Crippen LogP) is 5.21. The number of amides is 1. The summed E-state index contributed by atoms with van der Waals surface area (Å²) < 4.78 is 11.6. The lowest BCUT2D eigenvalue weighted by Gasteiger charge is -2.42. The number of carbonyl (C=O) groups excluding carboxylic acids is 1. The summed E-state index contributed by atoms with van der Waals surface area (Å²) in [5, 5.41) is 0. The van der Waals surface area contributed by atoms with E-state index in [9.17, 15) is 4.79 Å². The second-order valence-electron chi connectivity index (χ2n) is 11.3. The molecule has 0 N–H and O–H groups in total. The molecule has 1 fully saturated rings. The van der Waals surface area contributed by atoms with Crippen molar-refractivity contribution in [3.63, 3.8) is 0 Å². The van der Waals surface area contributed by atoms with Crippen LogP contribution in [0.2, 0.25) is 0 Å². The first-order valence-corrected chi connectivity index (χ1v) is 11.9. The highest BCUT2D eigenvalue weighted by Crippen LogP contribution is 2.49. The van der Waals surface area contributed by atoms with E-state index in [2.05, 4.69) is 58.9 Å². The average molecular weight is 434 g/mol. The summed E-state index contributed by atoms with van der Waals surface area (Å²) in [5.74, 6) is 0.974. The molecule has 0 radical (unpaired) electrons. The summed E-state index contributed by atoms with van der Waals surface area (Å²) in [6.45, 7) is 14.8. The van der Waals surface area contributed by atoms with E-state index in [4.69, 9.17) is 9.47 Å². The number of nitrogens with zero attached hydrogens (tertiary/aromatic N) is 1. The molecule has 2 aliphatic heterocycles. The molecule has 1 amide bonds. The van der Waals surface area contributed by atoms with Crippen molar-refractivity contribution in [2.75, 3.05) is 32.9 Å². The van der Waals surface area contributed by atoms with Crippen LogP contribution in [0.15, 0.2) is 36.4 Å². The van der Waals surface area contributed by atoms with Crippen molar-refractivity contribution in [1.29, 1.82) is 0 Å². The van der Waals surface area contributed by atoms with Gasteiger partial charge in [0.05, 0.1) is 18.6 Å². The molecule has 1 atom stereocenters. The monoisotopic (exact) mass is 433 g/mol. The second-order valence-corrected chi connectivity index (χ2v) is 11.3. The van der Waals surface area contributed by atoms with Gasteiger partial charge in [0.2, 0.25) is 0 Å². The van der Waals surface area contributed by atoms with E-state index < -0.39 is 0 Å². The minimum absolute atomic E-state index is 0.0821. The predicted molar refractivity (Wildman–Crippen MR) is 127 cm³/mol. The molecule has 0 saturated carbocycles. The molecule has 1 aliphatic carbocycles. The van der Waals surface area contributed by atoms with Gasteiger partial charge < -0.3 is 14.4 Å². The van der Waals surface area contributed by atoms with Crippen molar-refractivity contribution in [3.8, 4) is 5.75 Å². The van der Waals surface area contributed by atoms with Crippen LogP contribution in [0.5, 0.6) is 5.75 Å². The largest absolute Gasteiger partial charge is 0.492 e. The van der Waals surface area contributed by atoms with Gasteiger partial charge in [-0.1, -0.05) is 45.9 Å². The number of hydrogen-bond acceptors (Lipinski definition) is 3. The summed E-state index contributed by atoms with van der Waals surface area (Å²) in [4.78, 5) is 15.0. The molecule has 4 nitrogen and oxygen atoms in total. The lowest BCUT2D eigenvalue weighted by Crippen LogP contribution is -2.40. The van der Waals surface area contributed by atoms with Crippen molar-refractivity contribution in [2.45, 2.75) is 63.7 Å². The number of carbonyl (C=O) groups is 1. The third kappa shape index (κ3) is 3.35. The van der Waals surface area contributed by atoms with Gasteiger partial charge in [0.15, 0.2) is 0 Å². The van der Waals surface area contributed by atoms with Crippen LogP contribution in [-0.4, -0.2) is 43.7 Å². The van der Waals surface area contributed by atoms with E-state index in [-0.39, 0.29) is 22.2 Å². The molecule has 0 spiro atoms. The van der Waals surface area contributed by atoms with Gasteiger partial charge in [-0.25, -0.2) is 0 Å². The SMILES string of the molecule is CC1(C)CCC(C)(C)c2cc(C3(C)COc4ccc(C(=O)N5CCOCC5)cc43)ccc21. The zero-order valence-electron chi connectivity index (χ0n) is 20.1. The van der Waals surface area contributed by atoms with Gasteiger partial charge in [-0.15, -0.1) is 0 Å². The Morgan fingerprint density at radius 2 is 1.53 bits per heavy atom. The first-order valence-electron chi connectivity index (χ1n) is 11.9. The van der Waals surface area contributed by atoms with Crippen LogP contribution in [0, 0.1) is 0 Å². The van der Waals surface area contributed by atoms with E-state index in [1.165, 1.54) is 29.5 Å². The molecular formula is C28H35NO3. The van der Waals surface area contributed by atoms with Crippen molar-refractivity contribution >= 4 is 5.91 Å². The Bertz CT molecular complexity index is 1060. The first-order chi connectivity index (χ1) is 15.1. The van der Waals surface area contributed by atoms with Gasteiger partial charge in [-0.2, -0.15) is 0 Å². The Morgan fingerprint density at radius 1 is 0.844 bits per heavy atom. The van der Waals surface area contributed by atoms with Crippen LogP contribution in [0.4, 0.5) is 0 Å². The molecule has 1 saturated heterocycles. The number of benzene rings is 2. The van der Waals surface area contributed by atoms with Crippen LogP contribution in [0.1, 0.15) is 80.1 Å². The van der Waals surface area contributed by atoms with Crippen LogP contribution in [0.25, 0.3) is 0 Å². The Kier molecular flexibility index (Phi) is 4.94. The molecule has 4 heteroatoms. The summed E-state index contributed by atoms with van der Waals surface area (Å²) in [5.41, 5.74) is 6.14.